The Morgan fingerprint density at radius 1 is 0.962 bits per heavy atom. The van der Waals surface area contributed by atoms with Crippen molar-refractivity contribution in [2.24, 2.45) is 0 Å². The number of nitrogens with zero attached hydrogens (tertiary/aromatic N) is 2. The summed E-state index contributed by atoms with van der Waals surface area (Å²) < 4.78 is 26.8. The van der Waals surface area contributed by atoms with Crippen LogP contribution in [0.4, 0.5) is 8.78 Å². The highest BCUT2D eigenvalue weighted by atomic mass is 19.1. The van der Waals surface area contributed by atoms with E-state index in [2.05, 4.69) is 41.0 Å². The molecule has 0 radical (unpaired) electrons. The molecule has 0 amide bonds. The predicted octanol–water partition coefficient (Wildman–Crippen LogP) is 3.34. The van der Waals surface area contributed by atoms with Crippen LogP contribution in [0.5, 0.6) is 0 Å². The van der Waals surface area contributed by atoms with Crippen molar-refractivity contribution in [2.45, 2.75) is 32.5 Å². The van der Waals surface area contributed by atoms with Gasteiger partial charge < -0.3 is 5.11 Å². The van der Waals surface area contributed by atoms with Gasteiger partial charge in [0.2, 0.25) is 0 Å². The van der Waals surface area contributed by atoms with E-state index in [0.717, 1.165) is 32.2 Å². The fourth-order valence-electron chi connectivity index (χ4n) is 3.62. The second kappa shape index (κ2) is 8.71. The Kier molecular flexibility index (Phi) is 6.35. The van der Waals surface area contributed by atoms with Crippen molar-refractivity contribution in [1.82, 2.24) is 9.80 Å². The van der Waals surface area contributed by atoms with Gasteiger partial charge in [-0.2, -0.15) is 0 Å². The van der Waals surface area contributed by atoms with E-state index >= 15 is 0 Å². The van der Waals surface area contributed by atoms with E-state index < -0.39 is 11.6 Å². The van der Waals surface area contributed by atoms with Gasteiger partial charge in [-0.15, -0.1) is 0 Å². The minimum Gasteiger partial charge on any atom is -0.396 e. The Balaban J connectivity index is 1.64. The van der Waals surface area contributed by atoms with E-state index in [1.807, 2.05) is 0 Å². The number of piperazine rings is 1. The van der Waals surface area contributed by atoms with E-state index in [1.54, 1.807) is 0 Å². The molecule has 0 saturated carbocycles. The Labute approximate surface area is 153 Å². The lowest BCUT2D eigenvalue weighted by Gasteiger charge is -2.41. The maximum absolute atomic E-state index is 13.4. The summed E-state index contributed by atoms with van der Waals surface area (Å²) in [7, 11) is 0. The molecule has 1 saturated heterocycles. The van der Waals surface area contributed by atoms with Crippen molar-refractivity contribution in [3.05, 3.63) is 70.8 Å². The Bertz CT molecular complexity index is 700. The maximum Gasteiger partial charge on any atom is 0.126 e. The maximum atomic E-state index is 13.4. The smallest absolute Gasteiger partial charge is 0.126 e. The zero-order valence-electron chi connectivity index (χ0n) is 15.2. The van der Waals surface area contributed by atoms with E-state index in [1.165, 1.54) is 23.3 Å². The third-order valence-electron chi connectivity index (χ3n) is 4.99. The van der Waals surface area contributed by atoms with Crippen LogP contribution in [0, 0.1) is 18.6 Å². The van der Waals surface area contributed by atoms with Gasteiger partial charge in [0.15, 0.2) is 0 Å². The number of benzene rings is 2. The summed E-state index contributed by atoms with van der Waals surface area (Å²) in [4.78, 5) is 4.60. The number of aryl methyl sites for hydroxylation is 1. The Morgan fingerprint density at radius 2 is 1.65 bits per heavy atom. The first-order chi connectivity index (χ1) is 12.5. The molecule has 5 heteroatoms. The standard InChI is InChI=1S/C21H26F2N2O/c1-16-2-4-17(5-3-16)14-25-8-7-24(15-21(25)6-9-26)13-18-10-19(22)12-20(23)11-18/h2-5,10-12,21,26H,6-9,13-15H2,1H3. The fraction of sp³-hybridized carbons (Fsp3) is 0.429. The summed E-state index contributed by atoms with van der Waals surface area (Å²) in [6.07, 6.45) is 0.694. The molecule has 1 atom stereocenters. The van der Waals surface area contributed by atoms with Crippen LogP contribution >= 0.6 is 0 Å². The van der Waals surface area contributed by atoms with Gasteiger partial charge in [0.1, 0.15) is 11.6 Å². The van der Waals surface area contributed by atoms with Crippen molar-refractivity contribution in [2.75, 3.05) is 26.2 Å². The molecule has 0 spiro atoms. The third-order valence-corrected chi connectivity index (χ3v) is 4.99. The van der Waals surface area contributed by atoms with Crippen LogP contribution in [-0.2, 0) is 13.1 Å². The molecule has 0 bridgehead atoms. The summed E-state index contributed by atoms with van der Waals surface area (Å²) in [6, 6.07) is 12.4. The minimum absolute atomic E-state index is 0.136. The lowest BCUT2D eigenvalue weighted by atomic mass is 10.1. The highest BCUT2D eigenvalue weighted by Gasteiger charge is 2.26. The topological polar surface area (TPSA) is 26.7 Å². The van der Waals surface area contributed by atoms with Crippen molar-refractivity contribution in [3.8, 4) is 0 Å². The van der Waals surface area contributed by atoms with Crippen molar-refractivity contribution >= 4 is 0 Å². The molecule has 1 fully saturated rings. The van der Waals surface area contributed by atoms with E-state index in [-0.39, 0.29) is 12.6 Å². The summed E-state index contributed by atoms with van der Waals surface area (Å²) in [5.74, 6) is -1.07. The zero-order valence-corrected chi connectivity index (χ0v) is 15.2. The Morgan fingerprint density at radius 3 is 2.31 bits per heavy atom. The first-order valence-corrected chi connectivity index (χ1v) is 9.11. The van der Waals surface area contributed by atoms with E-state index in [4.69, 9.17) is 0 Å². The molecule has 1 N–H and O–H groups in total. The summed E-state index contributed by atoms with van der Waals surface area (Å²) in [5, 5.41) is 9.44. The van der Waals surface area contributed by atoms with Gasteiger partial charge in [-0.05, 0) is 36.6 Å². The van der Waals surface area contributed by atoms with Crippen molar-refractivity contribution in [1.29, 1.82) is 0 Å². The lowest BCUT2D eigenvalue weighted by Crippen LogP contribution is -2.52. The van der Waals surface area contributed by atoms with Crippen LogP contribution in [0.1, 0.15) is 23.1 Å². The molecule has 1 aliphatic rings. The molecule has 1 heterocycles. The summed E-state index contributed by atoms with van der Waals surface area (Å²) >= 11 is 0. The molecule has 140 valence electrons. The van der Waals surface area contributed by atoms with Gasteiger partial charge in [-0.1, -0.05) is 29.8 Å². The molecular formula is C21H26F2N2O. The summed E-state index contributed by atoms with van der Waals surface area (Å²) in [5.41, 5.74) is 3.16. The molecule has 2 aromatic rings. The Hall–Kier alpha value is -1.82. The van der Waals surface area contributed by atoms with Crippen LogP contribution in [0.15, 0.2) is 42.5 Å². The average molecular weight is 360 g/mol. The number of aliphatic hydroxyl groups excluding tert-OH is 1. The second-order valence-corrected chi connectivity index (χ2v) is 7.13. The molecule has 2 aromatic carbocycles. The zero-order chi connectivity index (χ0) is 18.5. The minimum atomic E-state index is -0.537. The van der Waals surface area contributed by atoms with Crippen LogP contribution in [0.25, 0.3) is 0 Å². The van der Waals surface area contributed by atoms with Crippen LogP contribution in [0.3, 0.4) is 0 Å². The summed E-state index contributed by atoms with van der Waals surface area (Å²) in [6.45, 7) is 6.08. The monoisotopic (exact) mass is 360 g/mol. The van der Waals surface area contributed by atoms with Crippen LogP contribution < -0.4 is 0 Å². The highest BCUT2D eigenvalue weighted by Crippen LogP contribution is 2.19. The van der Waals surface area contributed by atoms with Crippen LogP contribution in [0.2, 0.25) is 0 Å². The quantitative estimate of drug-likeness (QED) is 0.856. The van der Waals surface area contributed by atoms with Crippen LogP contribution in [-0.4, -0.2) is 47.2 Å². The number of aliphatic hydroxyl groups is 1. The van der Waals surface area contributed by atoms with Gasteiger partial charge in [0.25, 0.3) is 0 Å². The fourth-order valence-corrected chi connectivity index (χ4v) is 3.62. The SMILES string of the molecule is Cc1ccc(CN2CCN(Cc3cc(F)cc(F)c3)CC2CCO)cc1. The second-order valence-electron chi connectivity index (χ2n) is 7.13. The normalized spacial score (nSPS) is 19.0. The molecule has 3 nitrogen and oxygen atoms in total. The number of rotatable bonds is 6. The van der Waals surface area contributed by atoms with Crippen molar-refractivity contribution < 1.29 is 13.9 Å². The van der Waals surface area contributed by atoms with Gasteiger partial charge >= 0.3 is 0 Å². The molecule has 1 aliphatic heterocycles. The number of hydrogen-bond donors (Lipinski definition) is 1. The largest absolute Gasteiger partial charge is 0.396 e. The highest BCUT2D eigenvalue weighted by molar-refractivity contribution is 5.21. The molecular weight excluding hydrogens is 334 g/mol. The number of halogens is 2. The van der Waals surface area contributed by atoms with Crippen molar-refractivity contribution in [3.63, 3.8) is 0 Å². The molecule has 3 rings (SSSR count). The van der Waals surface area contributed by atoms with Gasteiger partial charge in [-0.25, -0.2) is 8.78 Å². The van der Waals surface area contributed by atoms with Gasteiger partial charge in [0.05, 0.1) is 0 Å². The average Bonchev–Trinajstić information content (AvgIpc) is 2.58. The lowest BCUT2D eigenvalue weighted by molar-refractivity contribution is 0.0499. The van der Waals surface area contributed by atoms with E-state index in [0.29, 0.717) is 18.5 Å². The molecule has 0 aliphatic carbocycles. The molecule has 0 aromatic heterocycles. The predicted molar refractivity (Wildman–Crippen MR) is 98.7 cm³/mol. The molecule has 1 unspecified atom stereocenters. The molecule has 26 heavy (non-hydrogen) atoms. The third kappa shape index (κ3) is 5.10. The van der Waals surface area contributed by atoms with Gasteiger partial charge in [0, 0.05) is 51.4 Å². The van der Waals surface area contributed by atoms with Gasteiger partial charge in [-0.3, -0.25) is 9.80 Å². The first kappa shape index (κ1) is 19.0. The number of hydrogen-bond acceptors (Lipinski definition) is 3. The first-order valence-electron chi connectivity index (χ1n) is 9.11. The van der Waals surface area contributed by atoms with E-state index in [9.17, 15) is 13.9 Å².